The van der Waals surface area contributed by atoms with Gasteiger partial charge in [0.05, 0.1) is 11.6 Å². The van der Waals surface area contributed by atoms with Crippen LogP contribution in [0.1, 0.15) is 48.8 Å². The molecule has 0 unspecified atom stereocenters. The molecule has 1 heterocycles. The molecule has 1 spiro atoms. The zero-order chi connectivity index (χ0) is 41.5. The summed E-state index contributed by atoms with van der Waals surface area (Å²) in [6.45, 7) is 0. The number of nitrogens with zero attached hydrogens (tertiary/aromatic N) is 4. The van der Waals surface area contributed by atoms with Crippen LogP contribution < -0.4 is 0 Å². The summed E-state index contributed by atoms with van der Waals surface area (Å²) in [6.07, 6.45) is 6.07. The van der Waals surface area contributed by atoms with E-state index in [1.165, 1.54) is 69.3 Å². The fourth-order valence-corrected chi connectivity index (χ4v) is 9.81. The largest absolute Gasteiger partial charge is 0.208 e. The molecule has 0 saturated heterocycles. The molecule has 0 atom stereocenters. The van der Waals surface area contributed by atoms with Gasteiger partial charge in [-0.1, -0.05) is 183 Å². The Morgan fingerprint density at radius 3 is 1.31 bits per heavy atom. The zero-order valence-electron chi connectivity index (χ0n) is 34.3. The summed E-state index contributed by atoms with van der Waals surface area (Å²) < 4.78 is 0. The third kappa shape index (κ3) is 6.79. The number of aromatic nitrogens is 3. The van der Waals surface area contributed by atoms with E-state index < -0.39 is 0 Å². The third-order valence-electron chi connectivity index (χ3n) is 13.0. The Labute approximate surface area is 362 Å². The number of nitriles is 1. The van der Waals surface area contributed by atoms with Crippen LogP contribution in [-0.4, -0.2) is 15.0 Å². The second-order valence-corrected chi connectivity index (χ2v) is 16.6. The minimum atomic E-state index is 0.0273. The van der Waals surface area contributed by atoms with Crippen LogP contribution in [0.4, 0.5) is 0 Å². The molecule has 1 saturated carbocycles. The molecule has 0 bridgehead atoms. The van der Waals surface area contributed by atoms with Crippen LogP contribution in [0.3, 0.4) is 0 Å². The average molecular weight is 795 g/mol. The maximum Gasteiger partial charge on any atom is 0.164 e. The van der Waals surface area contributed by atoms with Crippen molar-refractivity contribution in [3.8, 4) is 95.9 Å². The number of rotatable bonds is 7. The first kappa shape index (κ1) is 37.3. The lowest BCUT2D eigenvalue weighted by Gasteiger charge is -2.36. The van der Waals surface area contributed by atoms with Crippen molar-refractivity contribution in [3.05, 3.63) is 211 Å². The van der Waals surface area contributed by atoms with E-state index in [0.717, 1.165) is 51.8 Å². The second-order valence-electron chi connectivity index (χ2n) is 16.6. The Balaban J connectivity index is 0.892. The van der Waals surface area contributed by atoms with Crippen LogP contribution in [0.5, 0.6) is 0 Å². The predicted octanol–water partition coefficient (Wildman–Crippen LogP) is 14.6. The van der Waals surface area contributed by atoms with Gasteiger partial charge in [-0.3, -0.25) is 0 Å². The van der Waals surface area contributed by atoms with Gasteiger partial charge in [0.25, 0.3) is 0 Å². The molecule has 4 heteroatoms. The molecule has 0 radical (unpaired) electrons. The molecule has 0 N–H and O–H groups in total. The highest BCUT2D eigenvalue weighted by atomic mass is 15.0. The molecular weight excluding hydrogens is 753 g/mol. The molecule has 9 aromatic rings. The van der Waals surface area contributed by atoms with Crippen molar-refractivity contribution < 1.29 is 0 Å². The molecule has 1 fully saturated rings. The third-order valence-corrected chi connectivity index (χ3v) is 13.0. The van der Waals surface area contributed by atoms with Crippen molar-refractivity contribution in [2.75, 3.05) is 0 Å². The van der Waals surface area contributed by atoms with Crippen molar-refractivity contribution in [1.29, 1.82) is 5.26 Å². The SMILES string of the molecule is N#Cc1ccc2c(c1)-c1ccc(-c3cccc(-c4cccc(-c5ccc(-c6nc(-c7ccccc7)nc(-c7ccc(-c8ccccc8)cc7)n6)cc5)c4)c3)cc1C21CCCCC1. The summed E-state index contributed by atoms with van der Waals surface area (Å²) in [7, 11) is 0. The van der Waals surface area contributed by atoms with E-state index in [1.54, 1.807) is 0 Å². The number of hydrogen-bond donors (Lipinski definition) is 0. The zero-order valence-corrected chi connectivity index (χ0v) is 34.3. The fourth-order valence-electron chi connectivity index (χ4n) is 9.81. The molecule has 8 aromatic carbocycles. The van der Waals surface area contributed by atoms with Crippen molar-refractivity contribution in [2.45, 2.75) is 37.5 Å². The van der Waals surface area contributed by atoms with Crippen molar-refractivity contribution in [3.63, 3.8) is 0 Å². The summed E-state index contributed by atoms with van der Waals surface area (Å²) >= 11 is 0. The Bertz CT molecular complexity index is 3140. The average Bonchev–Trinajstić information content (AvgIpc) is 3.61. The van der Waals surface area contributed by atoms with E-state index in [-0.39, 0.29) is 5.41 Å². The van der Waals surface area contributed by atoms with E-state index in [0.29, 0.717) is 17.5 Å². The summed E-state index contributed by atoms with van der Waals surface area (Å²) in [5, 5.41) is 9.72. The Kier molecular flexibility index (Phi) is 9.44. The minimum absolute atomic E-state index is 0.0273. The van der Waals surface area contributed by atoms with Crippen LogP contribution in [0.15, 0.2) is 194 Å². The predicted molar refractivity (Wildman–Crippen MR) is 252 cm³/mol. The summed E-state index contributed by atoms with van der Waals surface area (Å²) in [6, 6.07) is 71.0. The maximum absolute atomic E-state index is 9.72. The normalized spacial score (nSPS) is 13.6. The molecular formula is C58H42N4. The lowest BCUT2D eigenvalue weighted by Crippen LogP contribution is -2.28. The van der Waals surface area contributed by atoms with Crippen LogP contribution in [0, 0.1) is 11.3 Å². The first-order valence-corrected chi connectivity index (χ1v) is 21.6. The molecule has 2 aliphatic rings. The Morgan fingerprint density at radius 1 is 0.339 bits per heavy atom. The first-order chi connectivity index (χ1) is 30.6. The molecule has 11 rings (SSSR count). The summed E-state index contributed by atoms with van der Waals surface area (Å²) in [4.78, 5) is 14.9. The number of benzene rings is 8. The second kappa shape index (κ2) is 15.7. The monoisotopic (exact) mass is 794 g/mol. The van der Waals surface area contributed by atoms with E-state index >= 15 is 0 Å². The molecule has 294 valence electrons. The van der Waals surface area contributed by atoms with Gasteiger partial charge in [-0.15, -0.1) is 0 Å². The minimum Gasteiger partial charge on any atom is -0.208 e. The first-order valence-electron chi connectivity index (χ1n) is 21.6. The highest BCUT2D eigenvalue weighted by molar-refractivity contribution is 5.86. The van der Waals surface area contributed by atoms with E-state index in [9.17, 15) is 5.26 Å². The van der Waals surface area contributed by atoms with Gasteiger partial charge in [0.2, 0.25) is 0 Å². The van der Waals surface area contributed by atoms with E-state index in [4.69, 9.17) is 15.0 Å². The highest BCUT2D eigenvalue weighted by Crippen LogP contribution is 2.56. The van der Waals surface area contributed by atoms with Crippen LogP contribution in [-0.2, 0) is 5.41 Å². The van der Waals surface area contributed by atoms with Crippen LogP contribution in [0.25, 0.3) is 89.8 Å². The van der Waals surface area contributed by atoms with Gasteiger partial charge in [0, 0.05) is 22.1 Å². The van der Waals surface area contributed by atoms with Gasteiger partial charge in [0.15, 0.2) is 17.5 Å². The van der Waals surface area contributed by atoms with E-state index in [1.807, 2.05) is 42.5 Å². The van der Waals surface area contributed by atoms with Gasteiger partial charge < -0.3 is 0 Å². The van der Waals surface area contributed by atoms with Gasteiger partial charge in [-0.25, -0.2) is 15.0 Å². The molecule has 0 aliphatic heterocycles. The number of hydrogen-bond acceptors (Lipinski definition) is 4. The van der Waals surface area contributed by atoms with Gasteiger partial charge in [-0.2, -0.15) is 5.26 Å². The molecule has 0 amide bonds. The van der Waals surface area contributed by atoms with Gasteiger partial charge >= 0.3 is 0 Å². The highest BCUT2D eigenvalue weighted by Gasteiger charge is 2.44. The fraction of sp³-hybridized carbons (Fsp3) is 0.103. The molecule has 62 heavy (non-hydrogen) atoms. The van der Waals surface area contributed by atoms with Crippen molar-refractivity contribution >= 4 is 0 Å². The Morgan fingerprint density at radius 2 is 0.758 bits per heavy atom. The maximum atomic E-state index is 9.72. The van der Waals surface area contributed by atoms with Crippen molar-refractivity contribution in [2.24, 2.45) is 0 Å². The van der Waals surface area contributed by atoms with Gasteiger partial charge in [0.1, 0.15) is 0 Å². The standard InChI is InChI=1S/C58H42N4/c59-38-39-20-31-53-52(34-39)51-30-29-50(37-54(51)58(53)32-8-3-9-33-58)49-19-11-18-48(36-49)47-17-10-16-46(35-47)42-23-27-45(28-24-42)57-61-55(43-14-6-2-7-15-43)60-56(62-57)44-25-21-41(22-26-44)40-12-4-1-5-13-40/h1-2,4-7,10-31,34-37H,3,8-9,32-33H2. The summed E-state index contributed by atoms with van der Waals surface area (Å²) in [5.74, 6) is 1.92. The smallest absolute Gasteiger partial charge is 0.164 e. The van der Waals surface area contributed by atoms with Crippen LogP contribution in [0.2, 0.25) is 0 Å². The number of fused-ring (bicyclic) bond motifs is 5. The lowest BCUT2D eigenvalue weighted by molar-refractivity contribution is 0.353. The molecule has 4 nitrogen and oxygen atoms in total. The quantitative estimate of drug-likeness (QED) is 0.161. The molecule has 2 aliphatic carbocycles. The van der Waals surface area contributed by atoms with E-state index in [2.05, 4.69) is 158 Å². The van der Waals surface area contributed by atoms with Gasteiger partial charge in [-0.05, 0) is 110 Å². The topological polar surface area (TPSA) is 62.5 Å². The van der Waals surface area contributed by atoms with Crippen molar-refractivity contribution in [1.82, 2.24) is 15.0 Å². The Hall–Kier alpha value is -7.74. The summed E-state index contributed by atoms with van der Waals surface area (Å²) in [5.41, 5.74) is 18.3. The molecule has 1 aromatic heterocycles. The van der Waals surface area contributed by atoms with Crippen LogP contribution >= 0.6 is 0 Å². The lowest BCUT2D eigenvalue weighted by atomic mass is 9.67.